The van der Waals surface area contributed by atoms with Crippen molar-refractivity contribution in [3.63, 3.8) is 0 Å². The van der Waals surface area contributed by atoms with Gasteiger partial charge in [-0.15, -0.1) is 6.58 Å². The van der Waals surface area contributed by atoms with Crippen LogP contribution in [0.2, 0.25) is 0 Å². The highest BCUT2D eigenvalue weighted by molar-refractivity contribution is 5.82. The van der Waals surface area contributed by atoms with Gasteiger partial charge in [-0.3, -0.25) is 4.79 Å². The fourth-order valence-electron chi connectivity index (χ4n) is 6.75. The summed E-state index contributed by atoms with van der Waals surface area (Å²) in [6.45, 7) is 12.0. The standard InChI is InChI=1S/C20H28O4.H2O/c1-5-12-11(2)6-7-14-13(12)10-16-20(23)18(14,3)9-8-15(21)19(20,4)17(22)24-16;/h5,12-16,21,23H,1-2,6-10H2,3-4H3;1H2/t12-,13+,14+,15-,16-,18-,19-,20+;/m1./s1. The van der Waals surface area contributed by atoms with Gasteiger partial charge in [0.2, 0.25) is 0 Å². The van der Waals surface area contributed by atoms with Crippen LogP contribution in [0.4, 0.5) is 0 Å². The maximum absolute atomic E-state index is 12.7. The van der Waals surface area contributed by atoms with Crippen LogP contribution in [0.3, 0.4) is 0 Å². The van der Waals surface area contributed by atoms with Crippen LogP contribution in [-0.4, -0.2) is 39.5 Å². The number of aliphatic hydroxyl groups is 2. The Hall–Kier alpha value is -1.17. The van der Waals surface area contributed by atoms with E-state index in [1.54, 1.807) is 6.92 Å². The first kappa shape index (κ1) is 18.6. The number of carbonyl (C=O) groups is 1. The molecule has 0 spiro atoms. The van der Waals surface area contributed by atoms with E-state index in [-0.39, 0.29) is 17.3 Å². The van der Waals surface area contributed by atoms with Crippen LogP contribution in [0.5, 0.6) is 0 Å². The summed E-state index contributed by atoms with van der Waals surface area (Å²) in [5.41, 5.74) is -1.78. The molecule has 0 bridgehead atoms. The minimum atomic E-state index is -1.31. The van der Waals surface area contributed by atoms with E-state index in [2.05, 4.69) is 20.1 Å². The Morgan fingerprint density at radius 3 is 2.64 bits per heavy atom. The molecule has 0 aromatic rings. The quantitative estimate of drug-likeness (QED) is 0.556. The number of fused-ring (bicyclic) bond motifs is 2. The van der Waals surface area contributed by atoms with Crippen LogP contribution < -0.4 is 0 Å². The molecule has 4 rings (SSSR count). The first-order valence-corrected chi connectivity index (χ1v) is 9.13. The highest BCUT2D eigenvalue weighted by atomic mass is 16.6. The Morgan fingerprint density at radius 1 is 1.32 bits per heavy atom. The lowest BCUT2D eigenvalue weighted by Crippen LogP contribution is -2.73. The second-order valence-corrected chi connectivity index (χ2v) is 8.80. The van der Waals surface area contributed by atoms with E-state index in [0.717, 1.165) is 12.8 Å². The summed E-state index contributed by atoms with van der Waals surface area (Å²) in [5, 5.41) is 22.4. The molecule has 1 heterocycles. The largest absolute Gasteiger partial charge is 0.459 e. The lowest BCUT2D eigenvalue weighted by atomic mass is 9.40. The van der Waals surface area contributed by atoms with Crippen molar-refractivity contribution in [3.8, 4) is 0 Å². The van der Waals surface area contributed by atoms with Gasteiger partial charge in [0.15, 0.2) is 0 Å². The summed E-state index contributed by atoms with van der Waals surface area (Å²) in [4.78, 5) is 12.7. The van der Waals surface area contributed by atoms with Gasteiger partial charge in [0, 0.05) is 11.3 Å². The fraction of sp³-hybridized carbons (Fsp3) is 0.750. The topological polar surface area (TPSA) is 98.3 Å². The van der Waals surface area contributed by atoms with E-state index in [4.69, 9.17) is 4.74 Å². The predicted octanol–water partition coefficient (Wildman–Crippen LogP) is 1.77. The molecule has 140 valence electrons. The van der Waals surface area contributed by atoms with Gasteiger partial charge in [-0.2, -0.15) is 0 Å². The Labute approximate surface area is 149 Å². The summed E-state index contributed by atoms with van der Waals surface area (Å²) in [6.07, 6.45) is 4.34. The average Bonchev–Trinajstić information content (AvgIpc) is 2.74. The third-order valence-electron chi connectivity index (χ3n) is 8.19. The second kappa shape index (κ2) is 5.41. The van der Waals surface area contributed by atoms with Gasteiger partial charge in [-0.25, -0.2) is 0 Å². The van der Waals surface area contributed by atoms with E-state index in [1.165, 1.54) is 5.57 Å². The van der Waals surface area contributed by atoms with E-state index < -0.39 is 34.6 Å². The highest BCUT2D eigenvalue weighted by Gasteiger charge is 2.79. The molecule has 5 heteroatoms. The third-order valence-corrected chi connectivity index (χ3v) is 8.19. The van der Waals surface area contributed by atoms with Gasteiger partial charge in [0.1, 0.15) is 17.1 Å². The SMILES string of the molecule is C=C[C@@H]1C(=C)CC[C@H]2[C@H]1C[C@H]1OC(=O)[C@@]3(C)[C@H](O)CC[C@@]2(C)[C@@]13O.O. The van der Waals surface area contributed by atoms with Crippen LogP contribution in [0, 0.1) is 28.6 Å². The Morgan fingerprint density at radius 2 is 2.00 bits per heavy atom. The molecule has 1 aliphatic heterocycles. The zero-order valence-corrected chi connectivity index (χ0v) is 15.1. The molecule has 0 aromatic carbocycles. The summed E-state index contributed by atoms with van der Waals surface area (Å²) < 4.78 is 5.68. The zero-order chi connectivity index (χ0) is 17.5. The minimum Gasteiger partial charge on any atom is -0.459 e. The maximum atomic E-state index is 12.7. The van der Waals surface area contributed by atoms with Crippen molar-refractivity contribution in [2.24, 2.45) is 28.6 Å². The number of carbonyl (C=O) groups excluding carboxylic acids is 1. The Balaban J connectivity index is 0.00000182. The van der Waals surface area contributed by atoms with Crippen molar-refractivity contribution in [1.29, 1.82) is 0 Å². The number of allylic oxidation sites excluding steroid dienone is 2. The number of rotatable bonds is 1. The lowest BCUT2D eigenvalue weighted by Gasteiger charge is -2.64. The van der Waals surface area contributed by atoms with E-state index in [9.17, 15) is 15.0 Å². The van der Waals surface area contributed by atoms with Crippen LogP contribution in [0.15, 0.2) is 24.8 Å². The number of hydrogen-bond acceptors (Lipinski definition) is 4. The van der Waals surface area contributed by atoms with Crippen molar-refractivity contribution in [1.82, 2.24) is 0 Å². The molecule has 5 nitrogen and oxygen atoms in total. The molecule has 3 saturated carbocycles. The number of ether oxygens (including phenoxy) is 1. The minimum absolute atomic E-state index is 0. The average molecular weight is 350 g/mol. The molecule has 1 saturated heterocycles. The molecule has 4 fully saturated rings. The van der Waals surface area contributed by atoms with Crippen LogP contribution >= 0.6 is 0 Å². The van der Waals surface area contributed by atoms with Crippen molar-refractivity contribution in [3.05, 3.63) is 24.8 Å². The predicted molar refractivity (Wildman–Crippen MR) is 93.6 cm³/mol. The molecule has 4 N–H and O–H groups in total. The fourth-order valence-corrected chi connectivity index (χ4v) is 6.75. The molecule has 0 unspecified atom stereocenters. The summed E-state index contributed by atoms with van der Waals surface area (Å²) in [6, 6.07) is 0. The van der Waals surface area contributed by atoms with Crippen LogP contribution in [-0.2, 0) is 9.53 Å². The number of esters is 1. The van der Waals surface area contributed by atoms with E-state index in [1.807, 2.05) is 6.08 Å². The van der Waals surface area contributed by atoms with Gasteiger partial charge in [0.05, 0.1) is 6.10 Å². The number of hydrogen-bond donors (Lipinski definition) is 2. The molecule has 8 atom stereocenters. The summed E-state index contributed by atoms with van der Waals surface area (Å²) >= 11 is 0. The van der Waals surface area contributed by atoms with Crippen molar-refractivity contribution in [2.75, 3.05) is 0 Å². The second-order valence-electron chi connectivity index (χ2n) is 8.80. The van der Waals surface area contributed by atoms with Crippen molar-refractivity contribution >= 4 is 5.97 Å². The molecule has 4 aliphatic rings. The highest BCUT2D eigenvalue weighted by Crippen LogP contribution is 2.69. The van der Waals surface area contributed by atoms with Gasteiger partial charge in [0.25, 0.3) is 0 Å². The molecular weight excluding hydrogens is 320 g/mol. The van der Waals surface area contributed by atoms with Gasteiger partial charge in [-0.05, 0) is 50.9 Å². The van der Waals surface area contributed by atoms with Crippen LogP contribution in [0.25, 0.3) is 0 Å². The lowest BCUT2D eigenvalue weighted by molar-refractivity contribution is -0.267. The molecular formula is C20H30O5. The smallest absolute Gasteiger partial charge is 0.317 e. The zero-order valence-electron chi connectivity index (χ0n) is 15.1. The maximum Gasteiger partial charge on any atom is 0.317 e. The normalized spacial score (nSPS) is 54.0. The first-order valence-electron chi connectivity index (χ1n) is 9.13. The van der Waals surface area contributed by atoms with Gasteiger partial charge in [-0.1, -0.05) is 25.2 Å². The molecule has 0 aromatic heterocycles. The molecule has 0 radical (unpaired) electrons. The summed E-state index contributed by atoms with van der Waals surface area (Å²) in [5.74, 6) is 0.349. The molecule has 0 amide bonds. The number of aliphatic hydroxyl groups excluding tert-OH is 1. The van der Waals surface area contributed by atoms with E-state index >= 15 is 0 Å². The molecule has 25 heavy (non-hydrogen) atoms. The monoisotopic (exact) mass is 350 g/mol. The van der Waals surface area contributed by atoms with Gasteiger partial charge >= 0.3 is 5.97 Å². The third kappa shape index (κ3) is 1.82. The van der Waals surface area contributed by atoms with Crippen molar-refractivity contribution in [2.45, 2.75) is 63.8 Å². The first-order chi connectivity index (χ1) is 11.2. The summed E-state index contributed by atoms with van der Waals surface area (Å²) in [7, 11) is 0. The van der Waals surface area contributed by atoms with Crippen LogP contribution in [0.1, 0.15) is 46.0 Å². The molecule has 3 aliphatic carbocycles. The van der Waals surface area contributed by atoms with Crippen molar-refractivity contribution < 1.29 is 25.2 Å². The Bertz CT molecular complexity index is 630. The van der Waals surface area contributed by atoms with Gasteiger partial charge < -0.3 is 20.4 Å². The Kier molecular flexibility index (Phi) is 4.03. The van der Waals surface area contributed by atoms with E-state index in [0.29, 0.717) is 25.2 Å².